The second kappa shape index (κ2) is 10.5. The molecule has 2 atom stereocenters. The van der Waals surface area contributed by atoms with Crippen LogP contribution in [0.15, 0.2) is 78.9 Å². The monoisotopic (exact) mass is 416 g/mol. The van der Waals surface area contributed by atoms with Crippen LogP contribution in [-0.4, -0.2) is 7.11 Å². The van der Waals surface area contributed by atoms with Gasteiger partial charge in [-0.2, -0.15) is 0 Å². The van der Waals surface area contributed by atoms with Crippen molar-refractivity contribution in [2.24, 2.45) is 0 Å². The van der Waals surface area contributed by atoms with Crippen LogP contribution < -0.4 is 15.4 Å². The first-order chi connectivity index (χ1) is 12.9. The minimum atomic E-state index is 0. The van der Waals surface area contributed by atoms with Gasteiger partial charge in [0.05, 0.1) is 19.2 Å². The summed E-state index contributed by atoms with van der Waals surface area (Å²) >= 11 is 0. The molecule has 2 N–H and O–H groups in total. The maximum absolute atomic E-state index is 5.51. The van der Waals surface area contributed by atoms with E-state index in [1.807, 2.05) is 12.1 Å². The lowest BCUT2D eigenvalue weighted by molar-refractivity contribution is 0.351. The third kappa shape index (κ3) is 4.68. The van der Waals surface area contributed by atoms with E-state index in [0.29, 0.717) is 0 Å². The van der Waals surface area contributed by atoms with Gasteiger partial charge < -0.3 is 15.4 Å². The van der Waals surface area contributed by atoms with Gasteiger partial charge in [-0.3, -0.25) is 0 Å². The summed E-state index contributed by atoms with van der Waals surface area (Å²) in [6, 6.07) is 28.0. The lowest BCUT2D eigenvalue weighted by Crippen LogP contribution is -2.39. The number of methoxy groups -OCH3 is 1. The fourth-order valence-electron chi connectivity index (χ4n) is 3.78. The molecule has 0 spiro atoms. The Bertz CT molecular complexity index is 873. The molecule has 1 aliphatic rings. The zero-order valence-electron chi connectivity index (χ0n) is 15.8. The summed E-state index contributed by atoms with van der Waals surface area (Å²) < 4.78 is 5.51. The first-order valence-electron chi connectivity index (χ1n) is 9.08. The molecule has 148 valence electrons. The Morgan fingerprint density at radius 2 is 1.57 bits per heavy atom. The molecule has 0 bridgehead atoms. The van der Waals surface area contributed by atoms with E-state index in [1.54, 1.807) is 7.11 Å². The van der Waals surface area contributed by atoms with Gasteiger partial charge in [-0.05, 0) is 22.8 Å². The summed E-state index contributed by atoms with van der Waals surface area (Å²) in [6.45, 7) is 1.65. The Balaban J connectivity index is 0.00000140. The number of halogens is 2. The van der Waals surface area contributed by atoms with Gasteiger partial charge in [0.1, 0.15) is 5.75 Å². The molecule has 3 nitrogen and oxygen atoms in total. The van der Waals surface area contributed by atoms with E-state index in [2.05, 4.69) is 77.4 Å². The van der Waals surface area contributed by atoms with Crippen LogP contribution in [0.2, 0.25) is 0 Å². The van der Waals surface area contributed by atoms with Gasteiger partial charge in [0, 0.05) is 18.7 Å². The summed E-state index contributed by atoms with van der Waals surface area (Å²) in [4.78, 5) is 0. The van der Waals surface area contributed by atoms with Crippen molar-refractivity contribution in [3.05, 3.63) is 101 Å². The number of benzene rings is 3. The quantitative estimate of drug-likeness (QED) is 0.598. The number of nitrogens with one attached hydrogen (secondary N) is 2. The molecule has 0 radical (unpaired) electrons. The molecule has 0 aromatic heterocycles. The summed E-state index contributed by atoms with van der Waals surface area (Å²) in [5.41, 5.74) is 5.21. The van der Waals surface area contributed by atoms with E-state index < -0.39 is 0 Å². The zero-order chi connectivity index (χ0) is 17.8. The molecule has 5 heteroatoms. The van der Waals surface area contributed by atoms with E-state index in [-0.39, 0.29) is 36.9 Å². The summed E-state index contributed by atoms with van der Waals surface area (Å²) in [5.74, 6) is 0.924. The molecule has 3 aromatic rings. The lowest BCUT2D eigenvalue weighted by atomic mass is 9.87. The molecular weight excluding hydrogens is 391 g/mol. The molecule has 0 fully saturated rings. The van der Waals surface area contributed by atoms with E-state index in [9.17, 15) is 0 Å². The Kier molecular flexibility index (Phi) is 8.34. The van der Waals surface area contributed by atoms with Crippen molar-refractivity contribution in [2.75, 3.05) is 7.11 Å². The number of hydrogen-bond donors (Lipinski definition) is 2. The van der Waals surface area contributed by atoms with Crippen LogP contribution in [0.4, 0.5) is 0 Å². The average Bonchev–Trinajstić information content (AvgIpc) is 2.72. The van der Waals surface area contributed by atoms with Crippen molar-refractivity contribution in [2.45, 2.75) is 25.2 Å². The van der Waals surface area contributed by atoms with Gasteiger partial charge in [-0.1, -0.05) is 72.8 Å². The smallest absolute Gasteiger partial charge is 0.123 e. The lowest BCUT2D eigenvalue weighted by Gasteiger charge is -2.36. The Labute approximate surface area is 179 Å². The fourth-order valence-corrected chi connectivity index (χ4v) is 3.78. The van der Waals surface area contributed by atoms with E-state index in [4.69, 9.17) is 4.74 Å². The Hall–Kier alpha value is -2.04. The van der Waals surface area contributed by atoms with E-state index in [0.717, 1.165) is 18.8 Å². The van der Waals surface area contributed by atoms with Gasteiger partial charge in [-0.25, -0.2) is 0 Å². The van der Waals surface area contributed by atoms with E-state index >= 15 is 0 Å². The highest BCUT2D eigenvalue weighted by molar-refractivity contribution is 5.85. The third-order valence-electron chi connectivity index (χ3n) is 5.10. The maximum atomic E-state index is 5.51. The first-order valence-corrected chi connectivity index (χ1v) is 9.08. The Morgan fingerprint density at radius 3 is 2.36 bits per heavy atom. The van der Waals surface area contributed by atoms with Crippen LogP contribution in [0, 0.1) is 0 Å². The van der Waals surface area contributed by atoms with Crippen molar-refractivity contribution < 1.29 is 4.74 Å². The molecular formula is C23H26Cl2N2O. The normalized spacial score (nSPS) is 17.6. The molecule has 3 aromatic carbocycles. The number of fused-ring (bicyclic) bond motifs is 1. The molecule has 1 aliphatic heterocycles. The van der Waals surface area contributed by atoms with Crippen LogP contribution in [-0.2, 0) is 13.1 Å². The second-order valence-electron chi connectivity index (χ2n) is 6.64. The molecule has 2 unspecified atom stereocenters. The number of hydrogen-bond acceptors (Lipinski definition) is 3. The fraction of sp³-hybridized carbons (Fsp3) is 0.217. The van der Waals surface area contributed by atoms with Gasteiger partial charge in [-0.15, -0.1) is 24.8 Å². The van der Waals surface area contributed by atoms with Crippen LogP contribution in [0.3, 0.4) is 0 Å². The second-order valence-corrected chi connectivity index (χ2v) is 6.64. The minimum absolute atomic E-state index is 0. The number of rotatable bonds is 5. The minimum Gasteiger partial charge on any atom is -0.496 e. The van der Waals surface area contributed by atoms with Crippen molar-refractivity contribution in [1.82, 2.24) is 10.6 Å². The summed E-state index contributed by atoms with van der Waals surface area (Å²) in [7, 11) is 1.73. The highest BCUT2D eigenvalue weighted by Crippen LogP contribution is 2.35. The van der Waals surface area contributed by atoms with Crippen molar-refractivity contribution >= 4 is 24.8 Å². The number of para-hydroxylation sites is 1. The third-order valence-corrected chi connectivity index (χ3v) is 5.10. The SMILES string of the molecule is COc1ccccc1CNC1c2ccccc2CNC1c1ccccc1.Cl.Cl. The molecule has 0 amide bonds. The first kappa shape index (κ1) is 22.3. The van der Waals surface area contributed by atoms with E-state index in [1.165, 1.54) is 22.3 Å². The predicted octanol–water partition coefficient (Wildman–Crippen LogP) is 5.21. The topological polar surface area (TPSA) is 33.3 Å². The zero-order valence-corrected chi connectivity index (χ0v) is 17.4. The van der Waals surface area contributed by atoms with Crippen LogP contribution in [0.25, 0.3) is 0 Å². The molecule has 1 heterocycles. The molecule has 4 rings (SSSR count). The highest BCUT2D eigenvalue weighted by Gasteiger charge is 2.29. The molecule has 0 saturated heterocycles. The number of ether oxygens (including phenoxy) is 1. The molecule has 0 saturated carbocycles. The largest absolute Gasteiger partial charge is 0.496 e. The predicted molar refractivity (Wildman–Crippen MR) is 120 cm³/mol. The van der Waals surface area contributed by atoms with Gasteiger partial charge in [0.15, 0.2) is 0 Å². The van der Waals surface area contributed by atoms with Gasteiger partial charge in [0.25, 0.3) is 0 Å². The summed E-state index contributed by atoms with van der Waals surface area (Å²) in [6.07, 6.45) is 0. The summed E-state index contributed by atoms with van der Waals surface area (Å²) in [5, 5.41) is 7.49. The highest BCUT2D eigenvalue weighted by atomic mass is 35.5. The van der Waals surface area contributed by atoms with Crippen molar-refractivity contribution in [3.63, 3.8) is 0 Å². The van der Waals surface area contributed by atoms with Crippen molar-refractivity contribution in [3.8, 4) is 5.75 Å². The van der Waals surface area contributed by atoms with Gasteiger partial charge >= 0.3 is 0 Å². The van der Waals surface area contributed by atoms with Crippen LogP contribution in [0.1, 0.15) is 34.3 Å². The van der Waals surface area contributed by atoms with Gasteiger partial charge in [0.2, 0.25) is 0 Å². The van der Waals surface area contributed by atoms with Crippen LogP contribution >= 0.6 is 24.8 Å². The van der Waals surface area contributed by atoms with Crippen molar-refractivity contribution in [1.29, 1.82) is 0 Å². The van der Waals surface area contributed by atoms with Crippen LogP contribution in [0.5, 0.6) is 5.75 Å². The Morgan fingerprint density at radius 1 is 0.893 bits per heavy atom. The molecule has 28 heavy (non-hydrogen) atoms. The molecule has 0 aliphatic carbocycles. The maximum Gasteiger partial charge on any atom is 0.123 e. The standard InChI is InChI=1S/C23H24N2O.2ClH/c1-26-21-14-8-6-12-19(21)16-25-23-20-13-7-5-11-18(20)15-24-22(23)17-9-3-2-4-10-17;;/h2-14,22-25H,15-16H2,1H3;2*1H. The average molecular weight is 417 g/mol.